The molecule has 2 N–H and O–H groups in total. The number of halogens is 3. The van der Waals surface area contributed by atoms with Crippen molar-refractivity contribution in [1.82, 2.24) is 19.7 Å². The summed E-state index contributed by atoms with van der Waals surface area (Å²) in [5.74, 6) is -3.67. The maximum Gasteiger partial charge on any atom is 0.267 e. The highest BCUT2D eigenvalue weighted by Crippen LogP contribution is 2.22. The molecule has 33 heavy (non-hydrogen) atoms. The van der Waals surface area contributed by atoms with Crippen LogP contribution < -0.4 is 11.3 Å². The highest BCUT2D eigenvalue weighted by Gasteiger charge is 2.13. The van der Waals surface area contributed by atoms with E-state index in [0.717, 1.165) is 41.7 Å². The van der Waals surface area contributed by atoms with Crippen LogP contribution in [0.1, 0.15) is 17.5 Å². The molecule has 0 bridgehead atoms. The number of rotatable bonds is 7. The lowest BCUT2D eigenvalue weighted by Gasteiger charge is -2.09. The van der Waals surface area contributed by atoms with Gasteiger partial charge in [0.2, 0.25) is 0 Å². The Labute approximate surface area is 187 Å². The minimum atomic E-state index is -1.56. The van der Waals surface area contributed by atoms with Gasteiger partial charge in [-0.25, -0.2) is 27.8 Å². The minimum Gasteiger partial charge on any atom is -0.330 e. The van der Waals surface area contributed by atoms with E-state index >= 15 is 0 Å². The van der Waals surface area contributed by atoms with Crippen molar-refractivity contribution in [2.75, 3.05) is 6.54 Å². The van der Waals surface area contributed by atoms with E-state index in [-0.39, 0.29) is 17.8 Å². The van der Waals surface area contributed by atoms with Gasteiger partial charge in [0.05, 0.1) is 12.2 Å². The van der Waals surface area contributed by atoms with Crippen molar-refractivity contribution >= 4 is 0 Å². The molecule has 0 unspecified atom stereocenters. The van der Waals surface area contributed by atoms with E-state index in [1.807, 2.05) is 24.3 Å². The van der Waals surface area contributed by atoms with Gasteiger partial charge >= 0.3 is 0 Å². The third-order valence-electron chi connectivity index (χ3n) is 5.04. The number of benzene rings is 2. The molecule has 0 aliphatic carbocycles. The zero-order valence-corrected chi connectivity index (χ0v) is 17.5. The third kappa shape index (κ3) is 5.15. The van der Waals surface area contributed by atoms with Crippen LogP contribution in [0.3, 0.4) is 0 Å². The fraction of sp³-hybridized carbons (Fsp3) is 0.167. The van der Waals surface area contributed by atoms with Crippen LogP contribution in [-0.2, 0) is 13.0 Å². The molecule has 4 aromatic rings. The summed E-state index contributed by atoms with van der Waals surface area (Å²) in [4.78, 5) is 21.1. The standard InChI is InChI=1S/C24H20F3N5O/c25-19-10-18(11-20(26)23(19)27)21-6-7-22(33)32(31-21)14-15-3-1-5-17(9-15)24-29-12-16(13-30-24)4-2-8-28/h1,3,5-7,9-13H,2,4,8,14,28H2. The summed E-state index contributed by atoms with van der Waals surface area (Å²) >= 11 is 0. The van der Waals surface area contributed by atoms with Crippen LogP contribution in [0.5, 0.6) is 0 Å². The van der Waals surface area contributed by atoms with Crippen molar-refractivity contribution in [3.8, 4) is 22.6 Å². The normalized spacial score (nSPS) is 11.0. The molecule has 2 heterocycles. The topological polar surface area (TPSA) is 86.7 Å². The van der Waals surface area contributed by atoms with Gasteiger partial charge in [0.15, 0.2) is 23.3 Å². The molecule has 6 nitrogen and oxygen atoms in total. The van der Waals surface area contributed by atoms with Gasteiger partial charge in [0, 0.05) is 29.6 Å². The molecular weight excluding hydrogens is 431 g/mol. The molecule has 0 fully saturated rings. The molecule has 0 spiro atoms. The minimum absolute atomic E-state index is 0.0250. The summed E-state index contributed by atoms with van der Waals surface area (Å²) in [5, 5.41) is 4.20. The molecule has 0 amide bonds. The molecule has 9 heteroatoms. The molecule has 0 atom stereocenters. The lowest BCUT2D eigenvalue weighted by Crippen LogP contribution is -2.22. The van der Waals surface area contributed by atoms with Gasteiger partial charge in [-0.1, -0.05) is 18.2 Å². The van der Waals surface area contributed by atoms with Gasteiger partial charge in [-0.15, -0.1) is 0 Å². The maximum atomic E-state index is 13.6. The Hall–Kier alpha value is -3.85. The number of nitrogens with two attached hydrogens (primary N) is 1. The van der Waals surface area contributed by atoms with E-state index in [2.05, 4.69) is 15.1 Å². The van der Waals surface area contributed by atoms with E-state index in [4.69, 9.17) is 5.73 Å². The van der Waals surface area contributed by atoms with Crippen molar-refractivity contribution in [3.05, 3.63) is 99.9 Å². The SMILES string of the molecule is NCCCc1cnc(-c2cccc(Cn3nc(-c4cc(F)c(F)c(F)c4)ccc3=O)c2)nc1. The molecule has 168 valence electrons. The summed E-state index contributed by atoms with van der Waals surface area (Å²) in [6.45, 7) is 0.713. The average molecular weight is 451 g/mol. The lowest BCUT2D eigenvalue weighted by molar-refractivity contribution is 0.447. The first kappa shape index (κ1) is 22.3. The lowest BCUT2D eigenvalue weighted by atomic mass is 10.1. The average Bonchev–Trinajstić information content (AvgIpc) is 2.83. The largest absolute Gasteiger partial charge is 0.330 e. The zero-order chi connectivity index (χ0) is 23.4. The highest BCUT2D eigenvalue weighted by molar-refractivity contribution is 5.59. The number of nitrogens with zero attached hydrogens (tertiary/aromatic N) is 4. The summed E-state index contributed by atoms with van der Waals surface area (Å²) in [5.41, 5.74) is 7.82. The smallest absolute Gasteiger partial charge is 0.267 e. The van der Waals surface area contributed by atoms with Crippen LogP contribution in [0, 0.1) is 17.5 Å². The van der Waals surface area contributed by atoms with Gasteiger partial charge in [0.25, 0.3) is 5.56 Å². The summed E-state index contributed by atoms with van der Waals surface area (Å²) in [7, 11) is 0. The van der Waals surface area contributed by atoms with E-state index in [1.165, 1.54) is 16.8 Å². The number of aromatic nitrogens is 4. The fourth-order valence-electron chi connectivity index (χ4n) is 3.34. The molecule has 0 aliphatic heterocycles. The Morgan fingerprint density at radius 2 is 1.61 bits per heavy atom. The molecular formula is C24H20F3N5O. The zero-order valence-electron chi connectivity index (χ0n) is 17.5. The predicted octanol–water partition coefficient (Wildman–Crippen LogP) is 3.72. The Bertz CT molecular complexity index is 1320. The third-order valence-corrected chi connectivity index (χ3v) is 5.04. The molecule has 2 aromatic heterocycles. The van der Waals surface area contributed by atoms with Crippen LogP contribution in [0.15, 0.2) is 65.7 Å². The highest BCUT2D eigenvalue weighted by atomic mass is 19.2. The molecule has 0 aliphatic rings. The van der Waals surface area contributed by atoms with Crippen LogP contribution in [0.25, 0.3) is 22.6 Å². The van der Waals surface area contributed by atoms with Crippen molar-refractivity contribution in [3.63, 3.8) is 0 Å². The Morgan fingerprint density at radius 3 is 2.30 bits per heavy atom. The van der Waals surface area contributed by atoms with Crippen molar-refractivity contribution in [1.29, 1.82) is 0 Å². The second-order valence-corrected chi connectivity index (χ2v) is 7.48. The van der Waals surface area contributed by atoms with E-state index in [9.17, 15) is 18.0 Å². The second kappa shape index (κ2) is 9.74. The summed E-state index contributed by atoms with van der Waals surface area (Å²) in [6, 6.07) is 11.6. The summed E-state index contributed by atoms with van der Waals surface area (Å²) < 4.78 is 41.7. The predicted molar refractivity (Wildman–Crippen MR) is 118 cm³/mol. The Balaban J connectivity index is 1.60. The molecule has 4 rings (SSSR count). The van der Waals surface area contributed by atoms with Crippen molar-refractivity contribution < 1.29 is 13.2 Å². The van der Waals surface area contributed by atoms with Gasteiger partial charge in [-0.2, -0.15) is 5.10 Å². The molecule has 0 saturated carbocycles. The Kier molecular flexibility index (Phi) is 6.60. The van der Waals surface area contributed by atoms with Gasteiger partial charge in [-0.05, 0) is 54.8 Å². The van der Waals surface area contributed by atoms with Crippen LogP contribution in [0.2, 0.25) is 0 Å². The number of hydrogen-bond acceptors (Lipinski definition) is 5. The van der Waals surface area contributed by atoms with E-state index in [1.54, 1.807) is 12.4 Å². The van der Waals surface area contributed by atoms with Gasteiger partial charge in [0.1, 0.15) is 0 Å². The number of aryl methyl sites for hydroxylation is 1. The molecule has 0 saturated heterocycles. The van der Waals surface area contributed by atoms with Crippen molar-refractivity contribution in [2.45, 2.75) is 19.4 Å². The van der Waals surface area contributed by atoms with E-state index < -0.39 is 23.0 Å². The van der Waals surface area contributed by atoms with Crippen LogP contribution >= 0.6 is 0 Å². The quantitative estimate of drug-likeness (QED) is 0.433. The fourth-order valence-corrected chi connectivity index (χ4v) is 3.34. The summed E-state index contributed by atoms with van der Waals surface area (Å²) in [6.07, 6.45) is 5.20. The van der Waals surface area contributed by atoms with Crippen LogP contribution in [-0.4, -0.2) is 26.3 Å². The maximum absolute atomic E-state index is 13.6. The van der Waals surface area contributed by atoms with Crippen molar-refractivity contribution in [2.24, 2.45) is 5.73 Å². The first-order valence-corrected chi connectivity index (χ1v) is 10.3. The molecule has 0 radical (unpaired) electrons. The molecule has 2 aromatic carbocycles. The van der Waals surface area contributed by atoms with Crippen LogP contribution in [0.4, 0.5) is 13.2 Å². The van der Waals surface area contributed by atoms with Gasteiger partial charge < -0.3 is 5.73 Å². The van der Waals surface area contributed by atoms with E-state index in [0.29, 0.717) is 12.4 Å². The van der Waals surface area contributed by atoms with Gasteiger partial charge in [-0.3, -0.25) is 4.79 Å². The first-order valence-electron chi connectivity index (χ1n) is 10.3. The first-order chi connectivity index (χ1) is 15.9. The number of hydrogen-bond donors (Lipinski definition) is 1. The second-order valence-electron chi connectivity index (χ2n) is 7.48. The monoisotopic (exact) mass is 451 g/mol. The Morgan fingerprint density at radius 1 is 0.879 bits per heavy atom.